The molecule has 2 saturated carbocycles. The van der Waals surface area contributed by atoms with Crippen LogP contribution < -0.4 is 0 Å². The summed E-state index contributed by atoms with van der Waals surface area (Å²) >= 11 is 0. The minimum Gasteiger partial charge on any atom is -0.381 e. The van der Waals surface area contributed by atoms with E-state index in [0.29, 0.717) is 30.1 Å². The zero-order chi connectivity index (χ0) is 26.5. The lowest BCUT2D eigenvalue weighted by Gasteiger charge is -2.37. The summed E-state index contributed by atoms with van der Waals surface area (Å²) in [7, 11) is 0. The van der Waals surface area contributed by atoms with Gasteiger partial charge in [0.2, 0.25) is 0 Å². The van der Waals surface area contributed by atoms with Crippen LogP contribution in [0.4, 0.5) is 0 Å². The molecule has 0 aromatic rings. The maximum atomic E-state index is 13.4. The number of ether oxygens (including phenoxy) is 1. The van der Waals surface area contributed by atoms with Crippen molar-refractivity contribution in [1.29, 1.82) is 0 Å². The fraction of sp³-hybridized carbons (Fsp3) is 0.735. The van der Waals surface area contributed by atoms with Crippen LogP contribution in [-0.4, -0.2) is 19.0 Å². The van der Waals surface area contributed by atoms with Gasteiger partial charge in [-0.05, 0) is 70.1 Å². The molecule has 3 rings (SSSR count). The molecule has 0 radical (unpaired) electrons. The monoisotopic (exact) mass is 494 g/mol. The second-order valence-electron chi connectivity index (χ2n) is 13.2. The summed E-state index contributed by atoms with van der Waals surface area (Å²) in [5.41, 5.74) is 1.56. The zero-order valence-electron chi connectivity index (χ0n) is 24.3. The van der Waals surface area contributed by atoms with Gasteiger partial charge in [0.15, 0.2) is 0 Å². The van der Waals surface area contributed by atoms with Gasteiger partial charge in [-0.3, -0.25) is 4.79 Å². The van der Waals surface area contributed by atoms with Gasteiger partial charge in [-0.25, -0.2) is 0 Å². The third-order valence-corrected chi connectivity index (χ3v) is 9.96. The van der Waals surface area contributed by atoms with Crippen LogP contribution in [0.3, 0.4) is 0 Å². The molecule has 0 aliphatic heterocycles. The number of rotatable bonds is 8. The third kappa shape index (κ3) is 6.72. The average Bonchev–Trinajstić information content (AvgIpc) is 3.55. The molecule has 3 aliphatic carbocycles. The molecule has 0 aromatic carbocycles. The van der Waals surface area contributed by atoms with Crippen molar-refractivity contribution in [2.45, 2.75) is 112 Å². The van der Waals surface area contributed by atoms with Crippen molar-refractivity contribution in [3.63, 3.8) is 0 Å². The molecule has 0 saturated heterocycles. The van der Waals surface area contributed by atoms with Gasteiger partial charge >= 0.3 is 0 Å². The number of carbonyl (C=O) groups is 1. The Kier molecular flexibility index (Phi) is 9.69. The number of hydrogen-bond donors (Lipinski definition) is 0. The van der Waals surface area contributed by atoms with Crippen LogP contribution in [0.1, 0.15) is 112 Å². The third-order valence-electron chi connectivity index (χ3n) is 9.96. The molecule has 0 amide bonds. The van der Waals surface area contributed by atoms with Gasteiger partial charge < -0.3 is 4.74 Å². The molecular weight excluding hydrogens is 440 g/mol. The van der Waals surface area contributed by atoms with Crippen LogP contribution in [-0.2, 0) is 9.53 Å². The maximum absolute atomic E-state index is 13.4. The van der Waals surface area contributed by atoms with Crippen LogP contribution in [0.5, 0.6) is 0 Å². The van der Waals surface area contributed by atoms with E-state index < -0.39 is 0 Å². The van der Waals surface area contributed by atoms with Gasteiger partial charge in [-0.15, -0.1) is 6.58 Å². The summed E-state index contributed by atoms with van der Waals surface area (Å²) in [5, 5.41) is 0. The molecule has 0 bridgehead atoms. The van der Waals surface area contributed by atoms with E-state index in [-0.39, 0.29) is 16.2 Å². The Balaban J connectivity index is 1.69. The highest BCUT2D eigenvalue weighted by Gasteiger charge is 2.61. The van der Waals surface area contributed by atoms with E-state index in [9.17, 15) is 4.79 Å². The Morgan fingerprint density at radius 3 is 2.47 bits per heavy atom. The summed E-state index contributed by atoms with van der Waals surface area (Å²) in [6.45, 7) is 19.0. The first kappa shape index (κ1) is 29.2. The summed E-state index contributed by atoms with van der Waals surface area (Å²) < 4.78 is 5.58. The molecule has 0 N–H and O–H groups in total. The number of allylic oxidation sites excluding steroid dienone is 7. The van der Waals surface area contributed by atoms with Gasteiger partial charge in [-0.2, -0.15) is 0 Å². The van der Waals surface area contributed by atoms with E-state index in [0.717, 1.165) is 25.4 Å². The molecule has 2 nitrogen and oxygen atoms in total. The lowest BCUT2D eigenvalue weighted by molar-refractivity contribution is -0.130. The topological polar surface area (TPSA) is 26.3 Å². The highest BCUT2D eigenvalue weighted by Crippen LogP contribution is 2.69. The highest BCUT2D eigenvalue weighted by atomic mass is 16.5. The Morgan fingerprint density at radius 2 is 1.78 bits per heavy atom. The van der Waals surface area contributed by atoms with Gasteiger partial charge in [0.25, 0.3) is 0 Å². The number of ketones is 1. The lowest BCUT2D eigenvalue weighted by Crippen LogP contribution is -2.31. The van der Waals surface area contributed by atoms with E-state index in [4.69, 9.17) is 4.74 Å². The number of carbonyl (C=O) groups excluding carboxylic acids is 1. The predicted molar refractivity (Wildman–Crippen MR) is 154 cm³/mol. The lowest BCUT2D eigenvalue weighted by atomic mass is 9.66. The van der Waals surface area contributed by atoms with E-state index in [1.807, 2.05) is 6.92 Å². The molecule has 2 heteroatoms. The van der Waals surface area contributed by atoms with E-state index >= 15 is 0 Å². The Hall–Kier alpha value is -1.41. The first-order valence-electron chi connectivity index (χ1n) is 14.9. The van der Waals surface area contributed by atoms with Crippen molar-refractivity contribution >= 4 is 5.78 Å². The van der Waals surface area contributed by atoms with Gasteiger partial charge in [0.1, 0.15) is 5.78 Å². The number of hydrogen-bond acceptors (Lipinski definition) is 2. The summed E-state index contributed by atoms with van der Waals surface area (Å²) in [5.74, 6) is 1.58. The number of fused-ring (bicyclic) bond motifs is 1. The Labute approximate surface area is 222 Å². The normalized spacial score (nSPS) is 38.4. The standard InChI is InChI=1S/C34H54O2/c1-8-31(5)21-22-33(7,20-16-27(3)24-31)34-19-13-10-12-17-32(6,18-14-11-15-29(34)25-34)30(35)23-28(4)26-36-9-2/h8,16,20-22,24,28-29H,1,9-15,17-19,23,25-26H2,2-7H3. The van der Waals surface area contributed by atoms with E-state index in [1.54, 1.807) is 0 Å². The molecule has 3 aliphatic rings. The Bertz CT molecular complexity index is 864. The van der Waals surface area contributed by atoms with Crippen LogP contribution in [0, 0.1) is 33.5 Å². The van der Waals surface area contributed by atoms with Crippen LogP contribution >= 0.6 is 0 Å². The number of Topliss-reactive ketones (excluding diaryl/α,β-unsaturated/α-hetero) is 1. The summed E-state index contributed by atoms with van der Waals surface area (Å²) in [4.78, 5) is 13.4. The quantitative estimate of drug-likeness (QED) is 0.314. The molecule has 6 atom stereocenters. The largest absolute Gasteiger partial charge is 0.381 e. The summed E-state index contributed by atoms with van der Waals surface area (Å²) in [6.07, 6.45) is 27.0. The van der Waals surface area contributed by atoms with Crippen LogP contribution in [0.25, 0.3) is 0 Å². The minimum absolute atomic E-state index is 0.0837. The molecule has 36 heavy (non-hydrogen) atoms. The van der Waals surface area contributed by atoms with Gasteiger partial charge in [0, 0.05) is 35.9 Å². The Morgan fingerprint density at radius 1 is 1.08 bits per heavy atom. The SMILES string of the molecule is C=CC1(C)C=CC(C)(C23CCCCCC(C)(C(=O)CC(C)COCC)CCCCC2C3)C=CC(C)=C1. The minimum atomic E-state index is -0.156. The molecule has 0 spiro atoms. The van der Waals surface area contributed by atoms with Crippen molar-refractivity contribution in [2.24, 2.45) is 33.5 Å². The zero-order valence-corrected chi connectivity index (χ0v) is 24.3. The first-order valence-corrected chi connectivity index (χ1v) is 14.9. The molecule has 202 valence electrons. The molecular formula is C34H54O2. The summed E-state index contributed by atoms with van der Waals surface area (Å²) in [6, 6.07) is 0. The van der Waals surface area contributed by atoms with Crippen LogP contribution in [0.2, 0.25) is 0 Å². The fourth-order valence-corrected chi connectivity index (χ4v) is 7.14. The first-order chi connectivity index (χ1) is 17.0. The van der Waals surface area contributed by atoms with Crippen molar-refractivity contribution in [3.05, 3.63) is 48.6 Å². The fourth-order valence-electron chi connectivity index (χ4n) is 7.14. The van der Waals surface area contributed by atoms with Crippen molar-refractivity contribution in [1.82, 2.24) is 0 Å². The molecule has 0 heterocycles. The average molecular weight is 495 g/mol. The predicted octanol–water partition coefficient (Wildman–Crippen LogP) is 9.43. The molecule has 2 fully saturated rings. The van der Waals surface area contributed by atoms with Crippen molar-refractivity contribution in [3.8, 4) is 0 Å². The van der Waals surface area contributed by atoms with E-state index in [2.05, 4.69) is 77.7 Å². The molecule has 0 aromatic heterocycles. The highest BCUT2D eigenvalue weighted by molar-refractivity contribution is 5.84. The second kappa shape index (κ2) is 12.0. The van der Waals surface area contributed by atoms with E-state index in [1.165, 1.54) is 56.9 Å². The molecule has 6 unspecified atom stereocenters. The van der Waals surface area contributed by atoms with Gasteiger partial charge in [0.05, 0.1) is 0 Å². The van der Waals surface area contributed by atoms with Crippen LogP contribution in [0.15, 0.2) is 48.6 Å². The van der Waals surface area contributed by atoms with Crippen molar-refractivity contribution < 1.29 is 9.53 Å². The second-order valence-corrected chi connectivity index (χ2v) is 13.2. The maximum Gasteiger partial charge on any atom is 0.139 e. The smallest absolute Gasteiger partial charge is 0.139 e. The van der Waals surface area contributed by atoms with Gasteiger partial charge in [-0.1, -0.05) is 94.9 Å². The van der Waals surface area contributed by atoms with Crippen molar-refractivity contribution in [2.75, 3.05) is 13.2 Å².